The SMILES string of the molecule is CCC(CC)C(=O)/C=C(\O)C(CC)CC.Cc1cc2c3c(nccc3n1)-c1[c-]c3ccccc3cc1C2(C)C.[Ir]. The van der Waals surface area contributed by atoms with Gasteiger partial charge in [-0.25, -0.2) is 0 Å². The molecule has 2 aromatic carbocycles. The molecule has 1 aliphatic rings. The zero-order chi connectivity index (χ0) is 28.3. The molecule has 0 saturated heterocycles. The number of nitrogens with zero attached hydrogens (tertiary/aromatic N) is 2. The number of aliphatic hydroxyl groups excluding tert-OH is 1. The van der Waals surface area contributed by atoms with E-state index >= 15 is 0 Å². The van der Waals surface area contributed by atoms with Crippen LogP contribution < -0.4 is 0 Å². The van der Waals surface area contributed by atoms with E-state index in [9.17, 15) is 9.90 Å². The predicted molar refractivity (Wildman–Crippen MR) is 162 cm³/mol. The Labute approximate surface area is 252 Å². The van der Waals surface area contributed by atoms with Gasteiger partial charge < -0.3 is 5.11 Å². The van der Waals surface area contributed by atoms with Gasteiger partial charge in [0.2, 0.25) is 0 Å². The van der Waals surface area contributed by atoms with E-state index in [2.05, 4.69) is 63.2 Å². The Morgan fingerprint density at radius 1 is 0.975 bits per heavy atom. The van der Waals surface area contributed by atoms with Gasteiger partial charge in [-0.05, 0) is 61.1 Å². The van der Waals surface area contributed by atoms with Gasteiger partial charge in [-0.3, -0.25) is 14.8 Å². The number of aromatic nitrogens is 2. The quantitative estimate of drug-likeness (QED) is 0.118. The largest absolute Gasteiger partial charge is 0.512 e. The van der Waals surface area contributed by atoms with Crippen LogP contribution in [0.15, 0.2) is 60.5 Å². The van der Waals surface area contributed by atoms with E-state index in [1.165, 1.54) is 28.0 Å². The van der Waals surface area contributed by atoms with Crippen LogP contribution in [0.2, 0.25) is 0 Å². The summed E-state index contributed by atoms with van der Waals surface area (Å²) in [6.07, 6.45) is 6.77. The fourth-order valence-corrected chi connectivity index (χ4v) is 5.77. The summed E-state index contributed by atoms with van der Waals surface area (Å²) in [4.78, 5) is 21.2. The standard InChI is InChI=1S/C22H17N2.C13H24O2.Ir/c1-13-10-18-20-19(24-13)8-9-23-21(20)16-11-14-6-4-5-7-15(14)12-17(16)22(18,2)3;1-5-10(6-2)12(14)9-13(15)11(7-3)8-4;/h4-10,12H,1-3H3;9-11,14H,5-8H2,1-4H3;/q-1;;/b;12-9-;. The number of ketones is 1. The summed E-state index contributed by atoms with van der Waals surface area (Å²) in [6.45, 7) is 14.7. The Morgan fingerprint density at radius 2 is 1.62 bits per heavy atom. The van der Waals surface area contributed by atoms with Crippen molar-refractivity contribution in [1.29, 1.82) is 0 Å². The molecule has 0 saturated carbocycles. The van der Waals surface area contributed by atoms with Crippen LogP contribution >= 0.6 is 0 Å². The van der Waals surface area contributed by atoms with Gasteiger partial charge in [0, 0.05) is 55.6 Å². The number of rotatable bonds is 7. The second-order valence-corrected chi connectivity index (χ2v) is 11.1. The van der Waals surface area contributed by atoms with Crippen LogP contribution in [0.25, 0.3) is 32.9 Å². The Kier molecular flexibility index (Phi) is 10.4. The Bertz CT molecular complexity index is 1530. The first kappa shape index (κ1) is 31.6. The van der Waals surface area contributed by atoms with Crippen molar-refractivity contribution >= 4 is 27.5 Å². The van der Waals surface area contributed by atoms with Crippen molar-refractivity contribution in [1.82, 2.24) is 9.97 Å². The third kappa shape index (κ3) is 6.06. The van der Waals surface area contributed by atoms with Crippen LogP contribution in [0.1, 0.15) is 84.0 Å². The van der Waals surface area contributed by atoms with Gasteiger partial charge in [0.1, 0.15) is 0 Å². The van der Waals surface area contributed by atoms with Gasteiger partial charge in [0.15, 0.2) is 5.78 Å². The summed E-state index contributed by atoms with van der Waals surface area (Å²) in [5, 5.41) is 13.3. The van der Waals surface area contributed by atoms with Crippen LogP contribution in [-0.4, -0.2) is 20.9 Å². The minimum Gasteiger partial charge on any atom is -0.512 e. The van der Waals surface area contributed by atoms with E-state index in [-0.39, 0.29) is 48.9 Å². The van der Waals surface area contributed by atoms with Crippen molar-refractivity contribution in [3.8, 4) is 11.3 Å². The van der Waals surface area contributed by atoms with Crippen molar-refractivity contribution in [3.05, 3.63) is 83.4 Å². The molecule has 0 fully saturated rings. The molecule has 0 spiro atoms. The number of carbonyl (C=O) groups excluding carboxylic acids is 1. The van der Waals surface area contributed by atoms with Crippen LogP contribution in [0, 0.1) is 24.8 Å². The van der Waals surface area contributed by atoms with Crippen LogP contribution in [0.5, 0.6) is 0 Å². The summed E-state index contributed by atoms with van der Waals surface area (Å²) < 4.78 is 0. The van der Waals surface area contributed by atoms with Gasteiger partial charge in [0.25, 0.3) is 0 Å². The van der Waals surface area contributed by atoms with Gasteiger partial charge in [-0.2, -0.15) is 0 Å². The number of aryl methyl sites for hydroxylation is 1. The molecule has 0 unspecified atom stereocenters. The van der Waals surface area contributed by atoms with E-state index in [0.717, 1.165) is 53.5 Å². The fraction of sp³-hybridized carbons (Fsp3) is 0.400. The third-order valence-corrected chi connectivity index (χ3v) is 8.30. The van der Waals surface area contributed by atoms with E-state index in [4.69, 9.17) is 9.97 Å². The molecule has 0 bridgehead atoms. The number of hydrogen-bond acceptors (Lipinski definition) is 4. The molecular formula is C35H41IrN2O2-. The van der Waals surface area contributed by atoms with Crippen molar-refractivity contribution in [3.63, 3.8) is 0 Å². The Morgan fingerprint density at radius 3 is 2.27 bits per heavy atom. The predicted octanol–water partition coefficient (Wildman–Crippen LogP) is 9.07. The first-order valence-corrected chi connectivity index (χ1v) is 14.3. The second kappa shape index (κ2) is 13.2. The topological polar surface area (TPSA) is 63.1 Å². The monoisotopic (exact) mass is 714 g/mol. The molecule has 1 N–H and O–H groups in total. The molecule has 2 heterocycles. The van der Waals surface area contributed by atoms with Crippen molar-refractivity contribution in [2.24, 2.45) is 11.8 Å². The molecule has 4 aromatic rings. The minimum absolute atomic E-state index is 0. The summed E-state index contributed by atoms with van der Waals surface area (Å²) in [5.41, 5.74) is 6.70. The van der Waals surface area contributed by atoms with Gasteiger partial charge in [-0.15, -0.1) is 23.6 Å². The van der Waals surface area contributed by atoms with E-state index in [0.29, 0.717) is 0 Å². The summed E-state index contributed by atoms with van der Waals surface area (Å²) in [6, 6.07) is 18.6. The number of aliphatic hydroxyl groups is 1. The van der Waals surface area contributed by atoms with Gasteiger partial charge >= 0.3 is 0 Å². The maximum absolute atomic E-state index is 11.7. The average Bonchev–Trinajstić information content (AvgIpc) is 2.92. The molecule has 1 radical (unpaired) electrons. The summed E-state index contributed by atoms with van der Waals surface area (Å²) >= 11 is 0. The molecule has 213 valence electrons. The number of allylic oxidation sites excluding steroid dienone is 2. The average molecular weight is 714 g/mol. The van der Waals surface area contributed by atoms with Crippen molar-refractivity contribution in [2.75, 3.05) is 0 Å². The molecule has 0 amide bonds. The maximum atomic E-state index is 11.7. The number of hydrogen-bond donors (Lipinski definition) is 1. The molecule has 2 aromatic heterocycles. The van der Waals surface area contributed by atoms with Gasteiger partial charge in [-0.1, -0.05) is 76.3 Å². The number of pyridine rings is 2. The van der Waals surface area contributed by atoms with Crippen LogP contribution in [-0.2, 0) is 30.3 Å². The zero-order valence-electron chi connectivity index (χ0n) is 24.8. The fourth-order valence-electron chi connectivity index (χ4n) is 5.77. The van der Waals surface area contributed by atoms with Crippen molar-refractivity contribution < 1.29 is 30.0 Å². The minimum atomic E-state index is -0.0994. The van der Waals surface area contributed by atoms with E-state index in [1.807, 2.05) is 40.0 Å². The van der Waals surface area contributed by atoms with Crippen LogP contribution in [0.3, 0.4) is 0 Å². The van der Waals surface area contributed by atoms with Gasteiger partial charge in [0.05, 0.1) is 11.3 Å². The third-order valence-electron chi connectivity index (χ3n) is 8.30. The molecule has 0 atom stereocenters. The van der Waals surface area contributed by atoms with Crippen LogP contribution in [0.4, 0.5) is 0 Å². The Hall–Kier alpha value is -2.88. The molecule has 40 heavy (non-hydrogen) atoms. The number of fused-ring (bicyclic) bond motifs is 3. The summed E-state index contributed by atoms with van der Waals surface area (Å²) in [5.74, 6) is 0.547. The normalized spacial score (nSPS) is 13.6. The van der Waals surface area contributed by atoms with E-state index in [1.54, 1.807) is 0 Å². The smallest absolute Gasteiger partial charge is 0.162 e. The molecule has 5 heteroatoms. The number of benzene rings is 2. The maximum Gasteiger partial charge on any atom is 0.162 e. The first-order chi connectivity index (χ1) is 18.7. The van der Waals surface area contributed by atoms with Crippen molar-refractivity contribution in [2.45, 2.75) is 79.6 Å². The summed E-state index contributed by atoms with van der Waals surface area (Å²) in [7, 11) is 0. The second-order valence-electron chi connectivity index (χ2n) is 11.1. The number of carbonyl (C=O) groups is 1. The molecule has 4 nitrogen and oxygen atoms in total. The molecule has 1 aliphatic carbocycles. The molecule has 0 aliphatic heterocycles. The van der Waals surface area contributed by atoms with E-state index < -0.39 is 0 Å². The first-order valence-electron chi connectivity index (χ1n) is 14.3. The molecular weight excluding hydrogens is 673 g/mol. The Balaban J connectivity index is 0.000000243. The molecule has 5 rings (SSSR count). The zero-order valence-corrected chi connectivity index (χ0v) is 27.2.